The molecule has 5 heteroatoms. The minimum atomic E-state index is -0.0461. The fourth-order valence-corrected chi connectivity index (χ4v) is 2.52. The molecule has 1 heterocycles. The number of benzene rings is 1. The number of halogens is 1. The Morgan fingerprint density at radius 3 is 3.00 bits per heavy atom. The summed E-state index contributed by atoms with van der Waals surface area (Å²) in [5.41, 5.74) is 2.97. The minimum Gasteiger partial charge on any atom is -0.385 e. The Kier molecular flexibility index (Phi) is 5.36. The molecule has 19 heavy (non-hydrogen) atoms. The summed E-state index contributed by atoms with van der Waals surface area (Å²) < 4.78 is 10.4. The van der Waals surface area contributed by atoms with Crippen LogP contribution in [0.25, 0.3) is 0 Å². The van der Waals surface area contributed by atoms with Gasteiger partial charge in [-0.3, -0.25) is 4.79 Å². The van der Waals surface area contributed by atoms with Crippen molar-refractivity contribution in [2.75, 3.05) is 19.0 Å². The second kappa shape index (κ2) is 7.03. The van der Waals surface area contributed by atoms with Gasteiger partial charge in [0.05, 0.1) is 13.2 Å². The summed E-state index contributed by atoms with van der Waals surface area (Å²) in [6, 6.07) is 5.82. The maximum Gasteiger partial charge on any atom is 0.251 e. The Morgan fingerprint density at radius 1 is 1.47 bits per heavy atom. The van der Waals surface area contributed by atoms with Crippen molar-refractivity contribution in [3.05, 3.63) is 34.9 Å². The summed E-state index contributed by atoms with van der Waals surface area (Å²) in [5.74, 6) is -0.0461. The van der Waals surface area contributed by atoms with Crippen molar-refractivity contribution in [1.29, 1.82) is 0 Å². The van der Waals surface area contributed by atoms with Crippen LogP contribution in [0.1, 0.15) is 27.9 Å². The average molecular weight is 328 g/mol. The fourth-order valence-electron chi connectivity index (χ4n) is 2.03. The maximum absolute atomic E-state index is 12.2. The van der Waals surface area contributed by atoms with Crippen LogP contribution in [0.15, 0.2) is 18.2 Å². The smallest absolute Gasteiger partial charge is 0.251 e. The average Bonchev–Trinajstić information content (AvgIpc) is 2.90. The molecule has 1 amide bonds. The molecule has 1 N–H and O–H groups in total. The van der Waals surface area contributed by atoms with E-state index in [2.05, 4.69) is 21.2 Å². The molecule has 0 radical (unpaired) electrons. The van der Waals surface area contributed by atoms with Crippen LogP contribution in [-0.4, -0.2) is 31.0 Å². The topological polar surface area (TPSA) is 47.6 Å². The molecule has 1 unspecified atom stereocenters. The molecule has 0 saturated carbocycles. The van der Waals surface area contributed by atoms with Gasteiger partial charge in [0.1, 0.15) is 0 Å². The van der Waals surface area contributed by atoms with Gasteiger partial charge in [-0.15, -0.1) is 0 Å². The van der Waals surface area contributed by atoms with Crippen LogP contribution in [0.5, 0.6) is 0 Å². The fraction of sp³-hybridized carbons (Fsp3) is 0.500. The monoisotopic (exact) mass is 327 g/mol. The zero-order valence-electron chi connectivity index (χ0n) is 10.9. The molecular formula is C14H18BrNO3. The van der Waals surface area contributed by atoms with E-state index < -0.39 is 0 Å². The lowest BCUT2D eigenvalue weighted by atomic mass is 10.1. The summed E-state index contributed by atoms with van der Waals surface area (Å²) in [6.45, 7) is 1.88. The quantitative estimate of drug-likeness (QED) is 0.815. The third-order valence-electron chi connectivity index (χ3n) is 3.18. The minimum absolute atomic E-state index is 0.0461. The molecule has 0 spiro atoms. The molecule has 0 aromatic heterocycles. The van der Waals surface area contributed by atoms with E-state index >= 15 is 0 Å². The number of hydrogen-bond donors (Lipinski definition) is 1. The zero-order valence-corrected chi connectivity index (χ0v) is 12.5. The van der Waals surface area contributed by atoms with Crippen LogP contribution < -0.4 is 5.32 Å². The largest absolute Gasteiger partial charge is 0.385 e. The highest BCUT2D eigenvalue weighted by molar-refractivity contribution is 9.09. The normalized spacial score (nSPS) is 15.1. The van der Waals surface area contributed by atoms with Crippen molar-refractivity contribution in [2.24, 2.45) is 0 Å². The first kappa shape index (κ1) is 14.5. The van der Waals surface area contributed by atoms with Gasteiger partial charge in [0, 0.05) is 30.7 Å². The van der Waals surface area contributed by atoms with Gasteiger partial charge in [0.25, 0.3) is 5.91 Å². The van der Waals surface area contributed by atoms with Gasteiger partial charge in [-0.05, 0) is 29.7 Å². The summed E-state index contributed by atoms with van der Waals surface area (Å²) in [7, 11) is 1.66. The van der Waals surface area contributed by atoms with E-state index in [0.717, 1.165) is 17.3 Å². The summed E-state index contributed by atoms with van der Waals surface area (Å²) >= 11 is 3.41. The molecule has 0 saturated heterocycles. The molecule has 0 aliphatic carbocycles. The van der Waals surface area contributed by atoms with E-state index in [9.17, 15) is 4.79 Å². The number of alkyl halides is 1. The second-order valence-electron chi connectivity index (χ2n) is 4.58. The summed E-state index contributed by atoms with van der Waals surface area (Å²) in [4.78, 5) is 12.2. The third kappa shape index (κ3) is 3.78. The van der Waals surface area contributed by atoms with Crippen LogP contribution in [0, 0.1) is 0 Å². The lowest BCUT2D eigenvalue weighted by molar-refractivity contribution is 0.0930. The SMILES string of the molecule is COCCC(CBr)NC(=O)c1ccc2c(c1)COC2. The molecule has 1 aromatic carbocycles. The molecule has 104 valence electrons. The van der Waals surface area contributed by atoms with Gasteiger partial charge in [-0.2, -0.15) is 0 Å². The van der Waals surface area contributed by atoms with Gasteiger partial charge in [-0.25, -0.2) is 0 Å². The van der Waals surface area contributed by atoms with Crippen molar-refractivity contribution in [2.45, 2.75) is 25.7 Å². The van der Waals surface area contributed by atoms with Crippen molar-refractivity contribution >= 4 is 21.8 Å². The third-order valence-corrected chi connectivity index (χ3v) is 3.96. The molecular weight excluding hydrogens is 310 g/mol. The predicted octanol–water partition coefficient (Wildman–Crippen LogP) is 2.25. The van der Waals surface area contributed by atoms with Crippen molar-refractivity contribution in [3.8, 4) is 0 Å². The van der Waals surface area contributed by atoms with Crippen LogP contribution >= 0.6 is 15.9 Å². The molecule has 2 rings (SSSR count). The van der Waals surface area contributed by atoms with Crippen molar-refractivity contribution in [1.82, 2.24) is 5.32 Å². The number of methoxy groups -OCH3 is 1. The Hall–Kier alpha value is -0.910. The molecule has 0 bridgehead atoms. The van der Waals surface area contributed by atoms with Crippen LogP contribution in [-0.2, 0) is 22.7 Å². The van der Waals surface area contributed by atoms with E-state index in [1.165, 1.54) is 5.56 Å². The van der Waals surface area contributed by atoms with Crippen molar-refractivity contribution in [3.63, 3.8) is 0 Å². The first-order valence-corrected chi connectivity index (χ1v) is 7.42. The zero-order chi connectivity index (χ0) is 13.7. The number of nitrogens with one attached hydrogen (secondary N) is 1. The Bertz CT molecular complexity index is 450. The van der Waals surface area contributed by atoms with Gasteiger partial charge < -0.3 is 14.8 Å². The predicted molar refractivity (Wildman–Crippen MR) is 76.5 cm³/mol. The maximum atomic E-state index is 12.2. The first-order valence-electron chi connectivity index (χ1n) is 6.30. The highest BCUT2D eigenvalue weighted by Gasteiger charge is 2.16. The van der Waals surface area contributed by atoms with Gasteiger partial charge in [-0.1, -0.05) is 22.0 Å². The van der Waals surface area contributed by atoms with E-state index in [0.29, 0.717) is 25.4 Å². The van der Waals surface area contributed by atoms with Crippen LogP contribution in [0.2, 0.25) is 0 Å². The number of rotatable bonds is 6. The summed E-state index contributed by atoms with van der Waals surface area (Å²) in [6.07, 6.45) is 0.793. The highest BCUT2D eigenvalue weighted by Crippen LogP contribution is 2.20. The number of carbonyl (C=O) groups excluding carboxylic acids is 1. The highest BCUT2D eigenvalue weighted by atomic mass is 79.9. The number of carbonyl (C=O) groups is 1. The van der Waals surface area contributed by atoms with Crippen LogP contribution in [0.4, 0.5) is 0 Å². The second-order valence-corrected chi connectivity index (χ2v) is 5.23. The van der Waals surface area contributed by atoms with E-state index in [1.54, 1.807) is 7.11 Å². The number of ether oxygens (including phenoxy) is 2. The Balaban J connectivity index is 1.99. The molecule has 1 aliphatic rings. The Morgan fingerprint density at radius 2 is 2.26 bits per heavy atom. The Labute approximate surface area is 121 Å². The van der Waals surface area contributed by atoms with E-state index in [-0.39, 0.29) is 11.9 Å². The molecule has 4 nitrogen and oxygen atoms in total. The first-order chi connectivity index (χ1) is 9.24. The summed E-state index contributed by atoms with van der Waals surface area (Å²) in [5, 5.41) is 3.72. The molecule has 0 fully saturated rings. The molecule has 1 aliphatic heterocycles. The van der Waals surface area contributed by atoms with Gasteiger partial charge in [0.15, 0.2) is 0 Å². The van der Waals surface area contributed by atoms with Crippen molar-refractivity contribution < 1.29 is 14.3 Å². The standard InChI is InChI=1S/C14H18BrNO3/c1-18-5-4-13(7-15)16-14(17)10-2-3-11-8-19-9-12(11)6-10/h2-3,6,13H,4-5,7-9H2,1H3,(H,16,17). The van der Waals surface area contributed by atoms with Gasteiger partial charge >= 0.3 is 0 Å². The lowest BCUT2D eigenvalue weighted by Crippen LogP contribution is -2.36. The van der Waals surface area contributed by atoms with Crippen LogP contribution in [0.3, 0.4) is 0 Å². The lowest BCUT2D eigenvalue weighted by Gasteiger charge is -2.16. The molecule has 1 aromatic rings. The van der Waals surface area contributed by atoms with Gasteiger partial charge in [0.2, 0.25) is 0 Å². The number of fused-ring (bicyclic) bond motifs is 1. The molecule has 1 atom stereocenters. The van der Waals surface area contributed by atoms with E-state index in [1.807, 2.05) is 18.2 Å². The van der Waals surface area contributed by atoms with E-state index in [4.69, 9.17) is 9.47 Å². The number of amides is 1. The number of hydrogen-bond acceptors (Lipinski definition) is 3.